The molecule has 19 heavy (non-hydrogen) atoms. The summed E-state index contributed by atoms with van der Waals surface area (Å²) in [5, 5.41) is 22.1. The van der Waals surface area contributed by atoms with Crippen LogP contribution in [0.25, 0.3) is 0 Å². The maximum absolute atomic E-state index is 9.49. The van der Waals surface area contributed by atoms with Crippen molar-refractivity contribution in [1.29, 1.82) is 0 Å². The number of aliphatic hydroxyl groups excluding tert-OH is 1. The lowest BCUT2D eigenvalue weighted by Crippen LogP contribution is -2.07. The third kappa shape index (κ3) is 2.42. The molecule has 0 fully saturated rings. The molecule has 1 aliphatic carbocycles. The van der Waals surface area contributed by atoms with Gasteiger partial charge >= 0.3 is 0 Å². The topological polar surface area (TPSA) is 52.5 Å². The van der Waals surface area contributed by atoms with Crippen molar-refractivity contribution in [2.45, 2.75) is 25.5 Å². The molecule has 0 saturated heterocycles. The highest BCUT2D eigenvalue weighted by atomic mass is 16.3. The number of hydrogen-bond donors (Lipinski definition) is 3. The van der Waals surface area contributed by atoms with Gasteiger partial charge in [0.2, 0.25) is 0 Å². The van der Waals surface area contributed by atoms with Crippen molar-refractivity contribution in [1.82, 2.24) is 0 Å². The van der Waals surface area contributed by atoms with Gasteiger partial charge in [-0.1, -0.05) is 18.2 Å². The van der Waals surface area contributed by atoms with E-state index in [1.165, 1.54) is 11.1 Å². The molecule has 2 aromatic carbocycles. The van der Waals surface area contributed by atoms with Crippen LogP contribution in [0, 0.1) is 0 Å². The van der Waals surface area contributed by atoms with Crippen molar-refractivity contribution in [3.05, 3.63) is 59.2 Å². The van der Waals surface area contributed by atoms with Crippen molar-refractivity contribution in [2.75, 3.05) is 5.32 Å². The second-order valence-electron chi connectivity index (χ2n) is 4.98. The van der Waals surface area contributed by atoms with Crippen LogP contribution in [-0.2, 0) is 13.0 Å². The Hall–Kier alpha value is -2.00. The summed E-state index contributed by atoms with van der Waals surface area (Å²) in [6.07, 6.45) is 2.02. The smallest absolute Gasteiger partial charge is 0.115 e. The van der Waals surface area contributed by atoms with E-state index < -0.39 is 0 Å². The van der Waals surface area contributed by atoms with Crippen LogP contribution in [0.4, 0.5) is 5.69 Å². The Bertz CT molecular complexity index is 595. The second kappa shape index (κ2) is 4.94. The molecule has 3 nitrogen and oxygen atoms in total. The molecule has 1 unspecified atom stereocenters. The zero-order chi connectivity index (χ0) is 13.2. The molecular weight excluding hydrogens is 238 g/mol. The maximum Gasteiger partial charge on any atom is 0.115 e. The standard InChI is InChI=1S/C16H17NO2/c18-10-11-2-1-3-13(8-11)17-16-7-4-12-9-14(19)5-6-15(12)16/h1-3,5-6,8-9,16-19H,4,7,10H2. The SMILES string of the molecule is OCc1cccc(NC2CCc3cc(O)ccc32)c1. The molecule has 1 atom stereocenters. The molecule has 2 aromatic rings. The number of nitrogens with one attached hydrogen (secondary N) is 1. The number of fused-ring (bicyclic) bond motifs is 1. The number of aryl methyl sites for hydroxylation is 1. The Kier molecular flexibility index (Phi) is 3.13. The number of anilines is 1. The van der Waals surface area contributed by atoms with E-state index in [0.29, 0.717) is 5.75 Å². The van der Waals surface area contributed by atoms with E-state index in [9.17, 15) is 5.11 Å². The molecule has 0 saturated carbocycles. The van der Waals surface area contributed by atoms with Crippen LogP contribution in [0.15, 0.2) is 42.5 Å². The van der Waals surface area contributed by atoms with Crippen molar-refractivity contribution in [3.63, 3.8) is 0 Å². The Morgan fingerprint density at radius 1 is 1.16 bits per heavy atom. The number of rotatable bonds is 3. The lowest BCUT2D eigenvalue weighted by Gasteiger charge is -2.16. The largest absolute Gasteiger partial charge is 0.508 e. The number of aliphatic hydroxyl groups is 1. The van der Waals surface area contributed by atoms with E-state index in [2.05, 4.69) is 5.32 Å². The lowest BCUT2D eigenvalue weighted by atomic mass is 10.1. The summed E-state index contributed by atoms with van der Waals surface area (Å²) < 4.78 is 0. The van der Waals surface area contributed by atoms with Gasteiger partial charge in [0.1, 0.15) is 5.75 Å². The molecule has 0 heterocycles. The zero-order valence-corrected chi connectivity index (χ0v) is 10.6. The number of benzene rings is 2. The summed E-state index contributed by atoms with van der Waals surface area (Å²) in [4.78, 5) is 0. The Labute approximate surface area is 112 Å². The summed E-state index contributed by atoms with van der Waals surface area (Å²) in [7, 11) is 0. The fourth-order valence-electron chi connectivity index (χ4n) is 2.71. The monoisotopic (exact) mass is 255 g/mol. The predicted octanol–water partition coefficient (Wildman–Crippen LogP) is 2.98. The van der Waals surface area contributed by atoms with Gasteiger partial charge in [-0.15, -0.1) is 0 Å². The molecule has 0 spiro atoms. The zero-order valence-electron chi connectivity index (χ0n) is 10.6. The summed E-state index contributed by atoms with van der Waals surface area (Å²) in [5.41, 5.74) is 4.41. The lowest BCUT2D eigenvalue weighted by molar-refractivity contribution is 0.282. The van der Waals surface area contributed by atoms with Crippen LogP contribution in [0.5, 0.6) is 5.75 Å². The minimum Gasteiger partial charge on any atom is -0.508 e. The van der Waals surface area contributed by atoms with Gasteiger partial charge < -0.3 is 15.5 Å². The molecule has 0 amide bonds. The molecule has 1 aliphatic rings. The van der Waals surface area contributed by atoms with Gasteiger partial charge in [0, 0.05) is 5.69 Å². The maximum atomic E-state index is 9.49. The Morgan fingerprint density at radius 3 is 2.89 bits per heavy atom. The average Bonchev–Trinajstić information content (AvgIpc) is 2.81. The quantitative estimate of drug-likeness (QED) is 0.790. The first-order chi connectivity index (χ1) is 9.26. The fraction of sp³-hybridized carbons (Fsp3) is 0.250. The number of hydrogen-bond acceptors (Lipinski definition) is 3. The number of phenolic OH excluding ortho intramolecular Hbond substituents is 1. The van der Waals surface area contributed by atoms with Crippen molar-refractivity contribution in [2.24, 2.45) is 0 Å². The van der Waals surface area contributed by atoms with Crippen LogP contribution in [0.1, 0.15) is 29.2 Å². The molecule has 3 N–H and O–H groups in total. The van der Waals surface area contributed by atoms with Gasteiger partial charge in [0.25, 0.3) is 0 Å². The highest BCUT2D eigenvalue weighted by molar-refractivity contribution is 5.50. The molecular formula is C16H17NO2. The van der Waals surface area contributed by atoms with Crippen molar-refractivity contribution < 1.29 is 10.2 Å². The molecule has 98 valence electrons. The van der Waals surface area contributed by atoms with E-state index >= 15 is 0 Å². The molecule has 3 rings (SSSR count). The van der Waals surface area contributed by atoms with Gasteiger partial charge in [-0.05, 0) is 53.8 Å². The molecule has 0 bridgehead atoms. The van der Waals surface area contributed by atoms with Crippen molar-refractivity contribution in [3.8, 4) is 5.75 Å². The number of phenols is 1. The van der Waals surface area contributed by atoms with Crippen LogP contribution in [0.2, 0.25) is 0 Å². The third-order valence-corrected chi connectivity index (χ3v) is 3.65. The highest BCUT2D eigenvalue weighted by Crippen LogP contribution is 2.35. The van der Waals surface area contributed by atoms with E-state index in [4.69, 9.17) is 5.11 Å². The van der Waals surface area contributed by atoms with Crippen molar-refractivity contribution >= 4 is 5.69 Å². The normalized spacial score (nSPS) is 17.2. The van der Waals surface area contributed by atoms with Gasteiger partial charge in [-0.2, -0.15) is 0 Å². The summed E-state index contributed by atoms with van der Waals surface area (Å²) in [6.45, 7) is 0.0602. The first-order valence-electron chi connectivity index (χ1n) is 6.54. The summed E-state index contributed by atoms with van der Waals surface area (Å²) >= 11 is 0. The van der Waals surface area contributed by atoms with Gasteiger partial charge in [0.15, 0.2) is 0 Å². The van der Waals surface area contributed by atoms with Crippen LogP contribution in [-0.4, -0.2) is 10.2 Å². The third-order valence-electron chi connectivity index (χ3n) is 3.65. The van der Waals surface area contributed by atoms with E-state index in [-0.39, 0.29) is 12.6 Å². The minimum atomic E-state index is 0.0602. The van der Waals surface area contributed by atoms with Crippen LogP contribution in [0.3, 0.4) is 0 Å². The van der Waals surface area contributed by atoms with E-state index in [1.807, 2.05) is 36.4 Å². The first-order valence-corrected chi connectivity index (χ1v) is 6.54. The minimum absolute atomic E-state index is 0.0602. The van der Waals surface area contributed by atoms with Gasteiger partial charge in [-0.3, -0.25) is 0 Å². The van der Waals surface area contributed by atoms with E-state index in [0.717, 1.165) is 24.1 Å². The Balaban J connectivity index is 1.82. The number of aromatic hydroxyl groups is 1. The van der Waals surface area contributed by atoms with Gasteiger partial charge in [-0.25, -0.2) is 0 Å². The predicted molar refractivity (Wildman–Crippen MR) is 75.2 cm³/mol. The Morgan fingerprint density at radius 2 is 2.05 bits per heavy atom. The second-order valence-corrected chi connectivity index (χ2v) is 4.98. The highest BCUT2D eigenvalue weighted by Gasteiger charge is 2.22. The van der Waals surface area contributed by atoms with E-state index in [1.54, 1.807) is 6.07 Å². The molecule has 0 radical (unpaired) electrons. The fourth-order valence-corrected chi connectivity index (χ4v) is 2.71. The van der Waals surface area contributed by atoms with Gasteiger partial charge in [0.05, 0.1) is 12.6 Å². The van der Waals surface area contributed by atoms with Crippen LogP contribution >= 0.6 is 0 Å². The summed E-state index contributed by atoms with van der Waals surface area (Å²) in [6, 6.07) is 13.7. The molecule has 3 heteroatoms. The molecule has 0 aromatic heterocycles. The van der Waals surface area contributed by atoms with Crippen LogP contribution < -0.4 is 5.32 Å². The first kappa shape index (κ1) is 12.1. The molecule has 0 aliphatic heterocycles. The average molecular weight is 255 g/mol. The summed E-state index contributed by atoms with van der Waals surface area (Å²) in [5.74, 6) is 0.335.